The minimum Gasteiger partial charge on any atom is -0.478 e. The Bertz CT molecular complexity index is 580. The summed E-state index contributed by atoms with van der Waals surface area (Å²) < 4.78 is 26.0. The maximum absolute atomic E-state index is 12.3. The number of piperidine rings is 1. The molecular weight excluding hydrogens is 290 g/mol. The number of aliphatic hydroxyl groups excluding tert-OH is 1. The Morgan fingerprint density at radius 3 is 2.74 bits per heavy atom. The van der Waals surface area contributed by atoms with E-state index in [9.17, 15) is 18.3 Å². The normalized spacial score (nSPS) is 25.4. The summed E-state index contributed by atoms with van der Waals surface area (Å²) in [6, 6.07) is 1.18. The molecule has 0 spiro atoms. The average molecular weight is 305 g/mol. The minimum atomic E-state index is -3.65. The van der Waals surface area contributed by atoms with Crippen molar-refractivity contribution >= 4 is 27.3 Å². The highest BCUT2D eigenvalue weighted by Crippen LogP contribution is 2.27. The largest absolute Gasteiger partial charge is 0.478 e. The number of carboxylic acid groups (broad SMARTS) is 1. The number of hydrogen-bond donors (Lipinski definition) is 2. The molecule has 0 radical (unpaired) electrons. The summed E-state index contributed by atoms with van der Waals surface area (Å²) in [7, 11) is -3.65. The summed E-state index contributed by atoms with van der Waals surface area (Å²) in [6.45, 7) is 2.31. The van der Waals surface area contributed by atoms with Crippen molar-refractivity contribution in [2.24, 2.45) is 5.92 Å². The number of nitrogens with zero attached hydrogens (tertiary/aromatic N) is 1. The van der Waals surface area contributed by atoms with E-state index in [-0.39, 0.29) is 28.8 Å². The topological polar surface area (TPSA) is 94.9 Å². The maximum Gasteiger partial charge on any atom is 0.336 e. The van der Waals surface area contributed by atoms with E-state index in [4.69, 9.17) is 5.11 Å². The van der Waals surface area contributed by atoms with Crippen LogP contribution in [0.25, 0.3) is 0 Å². The third kappa shape index (κ3) is 2.81. The number of rotatable bonds is 3. The van der Waals surface area contributed by atoms with Gasteiger partial charge in [0.05, 0.1) is 11.7 Å². The van der Waals surface area contributed by atoms with Gasteiger partial charge in [-0.1, -0.05) is 6.92 Å². The fraction of sp³-hybridized carbons (Fsp3) is 0.545. The van der Waals surface area contributed by atoms with Gasteiger partial charge in [-0.2, -0.15) is 4.31 Å². The number of aromatic carboxylic acids is 1. The van der Waals surface area contributed by atoms with Crippen LogP contribution in [0.4, 0.5) is 0 Å². The lowest BCUT2D eigenvalue weighted by Crippen LogP contribution is -2.44. The van der Waals surface area contributed by atoms with Crippen LogP contribution >= 0.6 is 11.3 Å². The summed E-state index contributed by atoms with van der Waals surface area (Å²) in [4.78, 5) is 10.8. The molecule has 1 saturated heterocycles. The molecule has 2 N–H and O–H groups in total. The Labute approximate surface area is 115 Å². The average Bonchev–Trinajstić information content (AvgIpc) is 2.82. The van der Waals surface area contributed by atoms with Crippen molar-refractivity contribution in [3.8, 4) is 0 Å². The van der Waals surface area contributed by atoms with Crippen LogP contribution in [0.3, 0.4) is 0 Å². The Morgan fingerprint density at radius 2 is 2.21 bits per heavy atom. The lowest BCUT2D eigenvalue weighted by molar-refractivity contribution is 0.0629. The summed E-state index contributed by atoms with van der Waals surface area (Å²) in [5.41, 5.74) is -0.0198. The van der Waals surface area contributed by atoms with E-state index in [2.05, 4.69) is 0 Å². The summed E-state index contributed by atoms with van der Waals surface area (Å²) in [5.74, 6) is -1.26. The quantitative estimate of drug-likeness (QED) is 0.863. The molecule has 19 heavy (non-hydrogen) atoms. The Morgan fingerprint density at radius 1 is 1.53 bits per heavy atom. The summed E-state index contributed by atoms with van der Waals surface area (Å²) in [5, 5.41) is 19.7. The van der Waals surface area contributed by atoms with Gasteiger partial charge in [-0.15, -0.1) is 11.3 Å². The van der Waals surface area contributed by atoms with Gasteiger partial charge in [0, 0.05) is 18.5 Å². The van der Waals surface area contributed by atoms with E-state index in [0.717, 1.165) is 11.3 Å². The van der Waals surface area contributed by atoms with Crippen LogP contribution in [0.5, 0.6) is 0 Å². The van der Waals surface area contributed by atoms with Crippen LogP contribution in [-0.2, 0) is 10.0 Å². The molecule has 0 aliphatic carbocycles. The van der Waals surface area contributed by atoms with Gasteiger partial charge in [0.15, 0.2) is 0 Å². The van der Waals surface area contributed by atoms with E-state index >= 15 is 0 Å². The number of hydrogen-bond acceptors (Lipinski definition) is 5. The molecule has 1 aromatic rings. The molecule has 106 valence electrons. The van der Waals surface area contributed by atoms with E-state index in [1.54, 1.807) is 6.92 Å². The molecule has 1 aromatic heterocycles. The standard InChI is InChI=1S/C11H15NO5S2/c1-7-5-12(3-2-9(7)13)19(16,17)10-4-8(6-18-10)11(14)15/h4,6-7,9,13H,2-3,5H2,1H3,(H,14,15). The first-order chi connectivity index (χ1) is 8.82. The van der Waals surface area contributed by atoms with Gasteiger partial charge in [0.1, 0.15) is 4.21 Å². The molecule has 0 bridgehead atoms. The van der Waals surface area contributed by atoms with Crippen molar-refractivity contribution in [3.63, 3.8) is 0 Å². The molecule has 0 aromatic carbocycles. The highest BCUT2D eigenvalue weighted by atomic mass is 32.2. The van der Waals surface area contributed by atoms with Gasteiger partial charge in [0.2, 0.25) is 0 Å². The van der Waals surface area contributed by atoms with Crippen molar-refractivity contribution in [1.82, 2.24) is 4.31 Å². The molecule has 0 amide bonds. The zero-order chi connectivity index (χ0) is 14.2. The molecule has 1 aliphatic rings. The van der Waals surface area contributed by atoms with Gasteiger partial charge in [-0.25, -0.2) is 13.2 Å². The Balaban J connectivity index is 2.24. The molecule has 1 fully saturated rings. The molecule has 2 atom stereocenters. The van der Waals surface area contributed by atoms with Crippen molar-refractivity contribution in [2.75, 3.05) is 13.1 Å². The van der Waals surface area contributed by atoms with Crippen LogP contribution < -0.4 is 0 Å². The van der Waals surface area contributed by atoms with Crippen LogP contribution in [0, 0.1) is 5.92 Å². The van der Waals surface area contributed by atoms with Gasteiger partial charge < -0.3 is 10.2 Å². The number of carboxylic acids is 1. The van der Waals surface area contributed by atoms with Gasteiger partial charge in [-0.3, -0.25) is 0 Å². The Hall–Kier alpha value is -0.960. The van der Waals surface area contributed by atoms with Crippen LogP contribution in [0.2, 0.25) is 0 Å². The monoisotopic (exact) mass is 305 g/mol. The number of sulfonamides is 1. The lowest BCUT2D eigenvalue weighted by Gasteiger charge is -2.33. The second kappa shape index (κ2) is 5.20. The lowest BCUT2D eigenvalue weighted by atomic mass is 9.99. The minimum absolute atomic E-state index is 0.0198. The van der Waals surface area contributed by atoms with E-state index in [1.807, 2.05) is 0 Å². The van der Waals surface area contributed by atoms with Crippen molar-refractivity contribution < 1.29 is 23.4 Å². The third-order valence-electron chi connectivity index (χ3n) is 3.24. The second-order valence-electron chi connectivity index (χ2n) is 4.66. The van der Waals surface area contributed by atoms with Crippen LogP contribution in [-0.4, -0.2) is 48.1 Å². The number of aliphatic hydroxyl groups is 1. The molecule has 2 rings (SSSR count). The number of carbonyl (C=O) groups is 1. The second-order valence-corrected chi connectivity index (χ2v) is 7.73. The number of thiophene rings is 1. The zero-order valence-electron chi connectivity index (χ0n) is 10.3. The smallest absolute Gasteiger partial charge is 0.336 e. The fourth-order valence-corrected chi connectivity index (χ4v) is 4.87. The Kier molecular flexibility index (Phi) is 3.95. The summed E-state index contributed by atoms with van der Waals surface area (Å²) >= 11 is 0.908. The zero-order valence-corrected chi connectivity index (χ0v) is 11.9. The van der Waals surface area contributed by atoms with Crippen molar-refractivity contribution in [2.45, 2.75) is 23.7 Å². The van der Waals surface area contributed by atoms with Crippen molar-refractivity contribution in [3.05, 3.63) is 17.0 Å². The molecule has 8 heteroatoms. The maximum atomic E-state index is 12.3. The highest BCUT2D eigenvalue weighted by Gasteiger charge is 2.33. The van der Waals surface area contributed by atoms with Gasteiger partial charge in [-0.05, 0) is 18.4 Å². The van der Waals surface area contributed by atoms with Crippen LogP contribution in [0.1, 0.15) is 23.7 Å². The first-order valence-corrected chi connectivity index (χ1v) is 8.14. The first kappa shape index (κ1) is 14.4. The van der Waals surface area contributed by atoms with Crippen LogP contribution in [0.15, 0.2) is 15.7 Å². The van der Waals surface area contributed by atoms with E-state index in [0.29, 0.717) is 6.42 Å². The summed E-state index contributed by atoms with van der Waals surface area (Å²) in [6.07, 6.45) is -0.0817. The predicted octanol–water partition coefficient (Wildman–Crippen LogP) is 0.838. The van der Waals surface area contributed by atoms with E-state index in [1.165, 1.54) is 15.8 Å². The van der Waals surface area contributed by atoms with Crippen molar-refractivity contribution in [1.29, 1.82) is 0 Å². The molecule has 0 saturated carbocycles. The molecule has 2 unspecified atom stereocenters. The first-order valence-electron chi connectivity index (χ1n) is 5.82. The fourth-order valence-electron chi connectivity index (χ4n) is 2.00. The molecule has 6 nitrogen and oxygen atoms in total. The molecular formula is C11H15NO5S2. The van der Waals surface area contributed by atoms with Gasteiger partial charge in [0.25, 0.3) is 10.0 Å². The van der Waals surface area contributed by atoms with E-state index < -0.39 is 22.1 Å². The van der Waals surface area contributed by atoms with Gasteiger partial charge >= 0.3 is 5.97 Å². The molecule has 2 heterocycles. The predicted molar refractivity (Wildman–Crippen MR) is 69.8 cm³/mol. The SMILES string of the molecule is CC1CN(S(=O)(=O)c2cc(C(=O)O)cs2)CCC1O. The highest BCUT2D eigenvalue weighted by molar-refractivity contribution is 7.91. The molecule has 1 aliphatic heterocycles. The third-order valence-corrected chi connectivity index (χ3v) is 6.52.